The summed E-state index contributed by atoms with van der Waals surface area (Å²) >= 11 is 0. The second-order valence-corrected chi connectivity index (χ2v) is 3.61. The van der Waals surface area contributed by atoms with Gasteiger partial charge in [-0.3, -0.25) is 9.48 Å². The van der Waals surface area contributed by atoms with Crippen molar-refractivity contribution in [3.63, 3.8) is 0 Å². The maximum Gasteiger partial charge on any atom is 0.199 e. The number of rotatable bonds is 4. The number of hydrogen-bond donors (Lipinski definition) is 0. The number of aromatic nitrogens is 2. The predicted octanol–water partition coefficient (Wildman–Crippen LogP) is 2.14. The number of nitrogens with zero attached hydrogens (tertiary/aromatic N) is 2. The molecule has 1 aromatic heterocycles. The molecule has 1 aromatic carbocycles. The highest BCUT2D eigenvalue weighted by molar-refractivity contribution is 6.10. The molecule has 0 aliphatic heterocycles. The third-order valence-corrected chi connectivity index (χ3v) is 2.57. The molecule has 0 fully saturated rings. The van der Waals surface area contributed by atoms with Gasteiger partial charge in [-0.05, 0) is 19.1 Å². The van der Waals surface area contributed by atoms with E-state index in [4.69, 9.17) is 4.74 Å². The number of aryl methyl sites for hydroxylation is 1. The molecule has 0 aliphatic rings. The first-order valence-electron chi connectivity index (χ1n) is 5.46. The lowest BCUT2D eigenvalue weighted by molar-refractivity contribution is 0.103. The van der Waals surface area contributed by atoms with Crippen LogP contribution >= 0.6 is 0 Å². The molecule has 4 heteroatoms. The molecule has 88 valence electrons. The minimum atomic E-state index is -0.0675. The molecule has 2 rings (SSSR count). The molecule has 0 saturated heterocycles. The fourth-order valence-electron chi connectivity index (χ4n) is 1.64. The summed E-state index contributed by atoms with van der Waals surface area (Å²) in [6, 6.07) is 7.19. The fraction of sp³-hybridized carbons (Fsp3) is 0.231. The van der Waals surface area contributed by atoms with E-state index in [9.17, 15) is 4.79 Å². The van der Waals surface area contributed by atoms with Gasteiger partial charge in [-0.1, -0.05) is 12.1 Å². The summed E-state index contributed by atoms with van der Waals surface area (Å²) in [5.41, 5.74) is 1.14. The van der Waals surface area contributed by atoms with Crippen molar-refractivity contribution in [2.24, 2.45) is 0 Å². The Morgan fingerprint density at radius 1 is 1.41 bits per heavy atom. The highest BCUT2D eigenvalue weighted by Crippen LogP contribution is 2.20. The average Bonchev–Trinajstić information content (AvgIpc) is 2.86. The van der Waals surface area contributed by atoms with Gasteiger partial charge < -0.3 is 4.74 Å². The molecule has 0 N–H and O–H groups in total. The van der Waals surface area contributed by atoms with Gasteiger partial charge >= 0.3 is 0 Å². The Kier molecular flexibility index (Phi) is 3.23. The molecule has 0 spiro atoms. The first-order valence-corrected chi connectivity index (χ1v) is 5.46. The van der Waals surface area contributed by atoms with Crippen molar-refractivity contribution in [2.75, 3.05) is 7.11 Å². The van der Waals surface area contributed by atoms with Crippen LogP contribution in [-0.2, 0) is 6.54 Å². The minimum Gasteiger partial charge on any atom is -0.496 e. The lowest BCUT2D eigenvalue weighted by atomic mass is 10.1. The summed E-state index contributed by atoms with van der Waals surface area (Å²) in [7, 11) is 1.56. The molecule has 0 radical (unpaired) electrons. The van der Waals surface area contributed by atoms with Gasteiger partial charge in [-0.25, -0.2) is 0 Å². The van der Waals surface area contributed by atoms with Crippen LogP contribution < -0.4 is 4.74 Å². The van der Waals surface area contributed by atoms with Gasteiger partial charge in [0.05, 0.1) is 24.4 Å². The Morgan fingerprint density at radius 2 is 2.18 bits per heavy atom. The Labute approximate surface area is 99.8 Å². The largest absolute Gasteiger partial charge is 0.496 e. The topological polar surface area (TPSA) is 44.1 Å². The van der Waals surface area contributed by atoms with Gasteiger partial charge in [0.25, 0.3) is 0 Å². The summed E-state index contributed by atoms with van der Waals surface area (Å²) in [5, 5.41) is 4.09. The number of ether oxygens (including phenoxy) is 1. The van der Waals surface area contributed by atoms with Gasteiger partial charge in [0, 0.05) is 12.7 Å². The van der Waals surface area contributed by atoms with E-state index in [1.807, 2.05) is 19.1 Å². The number of carbonyl (C=O) groups is 1. The van der Waals surface area contributed by atoms with E-state index in [0.29, 0.717) is 16.9 Å². The standard InChI is InChI=1S/C13H14N2O2/c1-3-15-9-10(8-14-15)13(16)11-6-4-5-7-12(11)17-2/h4-9H,3H2,1-2H3. The molecule has 17 heavy (non-hydrogen) atoms. The summed E-state index contributed by atoms with van der Waals surface area (Å²) in [4.78, 5) is 12.2. The zero-order valence-corrected chi connectivity index (χ0v) is 9.88. The Bertz CT molecular complexity index is 532. The quantitative estimate of drug-likeness (QED) is 0.756. The third-order valence-electron chi connectivity index (χ3n) is 2.57. The van der Waals surface area contributed by atoms with Crippen molar-refractivity contribution < 1.29 is 9.53 Å². The van der Waals surface area contributed by atoms with Crippen molar-refractivity contribution in [1.82, 2.24) is 9.78 Å². The Hall–Kier alpha value is -2.10. The number of hydrogen-bond acceptors (Lipinski definition) is 3. The zero-order valence-electron chi connectivity index (χ0n) is 9.88. The SMILES string of the molecule is CCn1cc(C(=O)c2ccccc2OC)cn1. The maximum absolute atomic E-state index is 12.2. The van der Waals surface area contributed by atoms with Crippen LogP contribution in [0.1, 0.15) is 22.8 Å². The van der Waals surface area contributed by atoms with Crippen molar-refractivity contribution in [3.05, 3.63) is 47.8 Å². The number of para-hydroxylation sites is 1. The fourth-order valence-corrected chi connectivity index (χ4v) is 1.64. The predicted molar refractivity (Wildman–Crippen MR) is 64.3 cm³/mol. The van der Waals surface area contributed by atoms with E-state index in [0.717, 1.165) is 6.54 Å². The van der Waals surface area contributed by atoms with E-state index < -0.39 is 0 Å². The summed E-state index contributed by atoms with van der Waals surface area (Å²) < 4.78 is 6.90. The van der Waals surface area contributed by atoms with Gasteiger partial charge in [-0.15, -0.1) is 0 Å². The number of benzene rings is 1. The number of methoxy groups -OCH3 is 1. The van der Waals surface area contributed by atoms with E-state index in [-0.39, 0.29) is 5.78 Å². The molecule has 4 nitrogen and oxygen atoms in total. The van der Waals surface area contributed by atoms with Crippen LogP contribution in [0.25, 0.3) is 0 Å². The summed E-state index contributed by atoms with van der Waals surface area (Å²) in [6.45, 7) is 2.73. The van der Waals surface area contributed by atoms with Crippen molar-refractivity contribution in [2.45, 2.75) is 13.5 Å². The van der Waals surface area contributed by atoms with Gasteiger partial charge in [0.1, 0.15) is 5.75 Å². The molecule has 1 heterocycles. The molecule has 2 aromatic rings. The monoisotopic (exact) mass is 230 g/mol. The summed E-state index contributed by atoms with van der Waals surface area (Å²) in [5.74, 6) is 0.517. The van der Waals surface area contributed by atoms with E-state index in [2.05, 4.69) is 5.10 Å². The number of ketones is 1. The van der Waals surface area contributed by atoms with Crippen LogP contribution in [0.15, 0.2) is 36.7 Å². The smallest absolute Gasteiger partial charge is 0.199 e. The second kappa shape index (κ2) is 4.82. The first-order chi connectivity index (χ1) is 8.26. The number of carbonyl (C=O) groups excluding carboxylic acids is 1. The minimum absolute atomic E-state index is 0.0675. The third kappa shape index (κ3) is 2.20. The van der Waals surface area contributed by atoms with E-state index in [1.165, 1.54) is 0 Å². The van der Waals surface area contributed by atoms with Gasteiger partial charge in [0.15, 0.2) is 5.78 Å². The lowest BCUT2D eigenvalue weighted by Gasteiger charge is -2.05. The average molecular weight is 230 g/mol. The molecule has 0 unspecified atom stereocenters. The van der Waals surface area contributed by atoms with Gasteiger partial charge in [-0.2, -0.15) is 5.10 Å². The van der Waals surface area contributed by atoms with E-state index in [1.54, 1.807) is 36.3 Å². The van der Waals surface area contributed by atoms with Crippen LogP contribution in [-0.4, -0.2) is 22.7 Å². The maximum atomic E-state index is 12.2. The van der Waals surface area contributed by atoms with Crippen molar-refractivity contribution in [3.8, 4) is 5.75 Å². The molecular weight excluding hydrogens is 216 g/mol. The lowest BCUT2D eigenvalue weighted by Crippen LogP contribution is -2.03. The van der Waals surface area contributed by atoms with Gasteiger partial charge in [0.2, 0.25) is 0 Å². The van der Waals surface area contributed by atoms with Crippen LogP contribution in [0.3, 0.4) is 0 Å². The van der Waals surface area contributed by atoms with Crippen LogP contribution in [0.2, 0.25) is 0 Å². The molecule has 0 aliphatic carbocycles. The normalized spacial score (nSPS) is 10.2. The Balaban J connectivity index is 2.36. The van der Waals surface area contributed by atoms with Crippen molar-refractivity contribution in [1.29, 1.82) is 0 Å². The molecule has 0 amide bonds. The van der Waals surface area contributed by atoms with Crippen LogP contribution in [0, 0.1) is 0 Å². The second-order valence-electron chi connectivity index (χ2n) is 3.61. The van der Waals surface area contributed by atoms with E-state index >= 15 is 0 Å². The molecule has 0 saturated carbocycles. The first kappa shape index (κ1) is 11.4. The highest BCUT2D eigenvalue weighted by atomic mass is 16.5. The molecular formula is C13H14N2O2. The van der Waals surface area contributed by atoms with Crippen LogP contribution in [0.5, 0.6) is 5.75 Å². The van der Waals surface area contributed by atoms with Crippen molar-refractivity contribution >= 4 is 5.78 Å². The zero-order chi connectivity index (χ0) is 12.3. The van der Waals surface area contributed by atoms with Crippen LogP contribution in [0.4, 0.5) is 0 Å². The summed E-state index contributed by atoms with van der Waals surface area (Å²) in [6.07, 6.45) is 3.33. The molecule has 0 bridgehead atoms. The molecule has 0 atom stereocenters. The highest BCUT2D eigenvalue weighted by Gasteiger charge is 2.15. The Morgan fingerprint density at radius 3 is 2.82 bits per heavy atom.